The average molecular weight is 692 g/mol. The van der Waals surface area contributed by atoms with E-state index in [0.29, 0.717) is 22.8 Å². The van der Waals surface area contributed by atoms with E-state index in [-0.39, 0.29) is 41.2 Å². The number of carbonyl (C=O) groups excluding carboxylic acids is 2. The molecule has 11 heteroatoms. The highest BCUT2D eigenvalue weighted by Crippen LogP contribution is 2.33. The molecule has 0 aliphatic heterocycles. The number of rotatable bonds is 15. The van der Waals surface area contributed by atoms with Crippen LogP contribution in [0.4, 0.5) is 5.69 Å². The second-order valence-electron chi connectivity index (χ2n) is 11.5. The molecule has 4 aromatic rings. The Labute approximate surface area is 288 Å². The van der Waals surface area contributed by atoms with Crippen LogP contribution in [-0.4, -0.2) is 58.0 Å². The zero-order valence-corrected chi connectivity index (χ0v) is 29.4. The van der Waals surface area contributed by atoms with Gasteiger partial charge in [-0.05, 0) is 61.7 Å². The number of sulfonamides is 1. The van der Waals surface area contributed by atoms with Crippen LogP contribution in [0.2, 0.25) is 5.02 Å². The molecular weight excluding hydrogens is 650 g/mol. The summed E-state index contributed by atoms with van der Waals surface area (Å²) in [5.41, 5.74) is 2.65. The van der Waals surface area contributed by atoms with Gasteiger partial charge in [0.15, 0.2) is 11.5 Å². The molecule has 4 aromatic carbocycles. The first-order valence-electron chi connectivity index (χ1n) is 15.7. The van der Waals surface area contributed by atoms with E-state index in [9.17, 15) is 18.0 Å². The van der Waals surface area contributed by atoms with Crippen molar-refractivity contribution in [3.05, 3.63) is 119 Å². The molecule has 0 fully saturated rings. The highest BCUT2D eigenvalue weighted by Gasteiger charge is 2.35. The average Bonchev–Trinajstić information content (AvgIpc) is 3.09. The van der Waals surface area contributed by atoms with Gasteiger partial charge in [-0.15, -0.1) is 0 Å². The zero-order chi connectivity index (χ0) is 34.8. The van der Waals surface area contributed by atoms with Gasteiger partial charge in [-0.2, -0.15) is 0 Å². The Morgan fingerprint density at radius 1 is 0.875 bits per heavy atom. The fourth-order valence-corrected chi connectivity index (χ4v) is 6.77. The Morgan fingerprint density at radius 3 is 2.15 bits per heavy atom. The van der Waals surface area contributed by atoms with Gasteiger partial charge in [-0.1, -0.05) is 84.8 Å². The normalized spacial score (nSPS) is 12.5. The Kier molecular flexibility index (Phi) is 12.5. The summed E-state index contributed by atoms with van der Waals surface area (Å²) in [5.74, 6) is -0.354. The molecule has 1 N–H and O–H groups in total. The predicted molar refractivity (Wildman–Crippen MR) is 189 cm³/mol. The quantitative estimate of drug-likeness (QED) is 0.154. The van der Waals surface area contributed by atoms with Gasteiger partial charge in [0, 0.05) is 30.1 Å². The maximum atomic E-state index is 14.7. The molecular formula is C37H42ClN3O6S. The number of hydrogen-bond donors (Lipinski definition) is 1. The van der Waals surface area contributed by atoms with Crippen LogP contribution in [0.1, 0.15) is 37.0 Å². The highest BCUT2D eigenvalue weighted by atomic mass is 35.5. The number of benzene rings is 4. The van der Waals surface area contributed by atoms with Crippen LogP contribution in [0.15, 0.2) is 102 Å². The summed E-state index contributed by atoms with van der Waals surface area (Å²) >= 11 is 6.58. The maximum absolute atomic E-state index is 14.7. The Balaban J connectivity index is 1.84. The van der Waals surface area contributed by atoms with E-state index in [0.717, 1.165) is 15.4 Å². The monoisotopic (exact) mass is 691 g/mol. The van der Waals surface area contributed by atoms with Crippen molar-refractivity contribution in [1.29, 1.82) is 0 Å². The second-order valence-corrected chi connectivity index (χ2v) is 13.8. The van der Waals surface area contributed by atoms with Crippen LogP contribution >= 0.6 is 11.6 Å². The lowest BCUT2D eigenvalue weighted by Gasteiger charge is -2.34. The van der Waals surface area contributed by atoms with E-state index in [1.165, 1.54) is 37.3 Å². The van der Waals surface area contributed by atoms with E-state index < -0.39 is 28.5 Å². The summed E-state index contributed by atoms with van der Waals surface area (Å²) in [4.78, 5) is 30.0. The highest BCUT2D eigenvalue weighted by molar-refractivity contribution is 7.92. The summed E-state index contributed by atoms with van der Waals surface area (Å²) in [6, 6.07) is 26.5. The number of halogens is 1. The lowest BCUT2D eigenvalue weighted by molar-refractivity contribution is -0.140. The van der Waals surface area contributed by atoms with Gasteiger partial charge in [0.1, 0.15) is 12.6 Å². The molecule has 0 unspecified atom stereocenters. The molecule has 0 saturated carbocycles. The predicted octanol–water partition coefficient (Wildman–Crippen LogP) is 6.42. The molecule has 4 rings (SSSR count). The number of methoxy groups -OCH3 is 2. The van der Waals surface area contributed by atoms with Gasteiger partial charge in [-0.3, -0.25) is 13.9 Å². The van der Waals surface area contributed by atoms with Crippen LogP contribution in [0.25, 0.3) is 0 Å². The van der Waals surface area contributed by atoms with E-state index >= 15 is 0 Å². The third-order valence-corrected chi connectivity index (χ3v) is 10.3. The fraction of sp³-hybridized carbons (Fsp3) is 0.297. The number of anilines is 1. The van der Waals surface area contributed by atoms with Gasteiger partial charge >= 0.3 is 0 Å². The third-order valence-electron chi connectivity index (χ3n) is 8.11. The minimum atomic E-state index is -4.34. The van der Waals surface area contributed by atoms with E-state index in [1.54, 1.807) is 48.5 Å². The minimum absolute atomic E-state index is 0.0257. The SMILES string of the molecule is CC[C@H](C)NC(=O)[C@@H](Cc1ccccc1)N(Cc1ccccc1Cl)C(=O)CN(c1ccc(C)cc1)S(=O)(=O)c1ccc(OC)c(OC)c1. The van der Waals surface area contributed by atoms with Crippen LogP contribution in [0.3, 0.4) is 0 Å². The molecule has 254 valence electrons. The van der Waals surface area contributed by atoms with E-state index in [1.807, 2.05) is 51.1 Å². The topological polar surface area (TPSA) is 105 Å². The number of nitrogens with zero attached hydrogens (tertiary/aromatic N) is 2. The van der Waals surface area contributed by atoms with Crippen LogP contribution in [-0.2, 0) is 32.6 Å². The molecule has 9 nitrogen and oxygen atoms in total. The number of hydrogen-bond acceptors (Lipinski definition) is 6. The Morgan fingerprint density at radius 2 is 1.52 bits per heavy atom. The van der Waals surface area contributed by atoms with Crippen LogP contribution in [0, 0.1) is 6.92 Å². The summed E-state index contributed by atoms with van der Waals surface area (Å²) in [7, 11) is -1.46. The van der Waals surface area contributed by atoms with Crippen molar-refractivity contribution in [2.75, 3.05) is 25.1 Å². The maximum Gasteiger partial charge on any atom is 0.264 e. The van der Waals surface area contributed by atoms with Crippen molar-refractivity contribution >= 4 is 39.1 Å². The molecule has 0 aromatic heterocycles. The molecule has 2 amide bonds. The smallest absolute Gasteiger partial charge is 0.264 e. The van der Waals surface area contributed by atoms with Gasteiger partial charge in [0.25, 0.3) is 10.0 Å². The van der Waals surface area contributed by atoms with Crippen molar-refractivity contribution in [3.8, 4) is 11.5 Å². The Hall–Kier alpha value is -4.54. The zero-order valence-electron chi connectivity index (χ0n) is 27.9. The lowest BCUT2D eigenvalue weighted by Crippen LogP contribution is -2.54. The van der Waals surface area contributed by atoms with Crippen molar-refractivity contribution in [2.24, 2.45) is 0 Å². The first-order chi connectivity index (χ1) is 23.0. The minimum Gasteiger partial charge on any atom is -0.493 e. The van der Waals surface area contributed by atoms with Crippen molar-refractivity contribution in [3.63, 3.8) is 0 Å². The molecule has 48 heavy (non-hydrogen) atoms. The number of aryl methyl sites for hydroxylation is 1. The molecule has 0 aliphatic carbocycles. The van der Waals surface area contributed by atoms with Gasteiger partial charge < -0.3 is 19.7 Å². The fourth-order valence-electron chi connectivity index (χ4n) is 5.15. The Bertz CT molecular complexity index is 1800. The summed E-state index contributed by atoms with van der Waals surface area (Å²) in [5, 5.41) is 3.45. The number of carbonyl (C=O) groups is 2. The molecule has 2 atom stereocenters. The second kappa shape index (κ2) is 16.5. The van der Waals surface area contributed by atoms with Gasteiger partial charge in [0.05, 0.1) is 24.8 Å². The summed E-state index contributed by atoms with van der Waals surface area (Å²) < 4.78 is 40.5. The standard InChI is InChI=1S/C37H42ClN3O6S/c1-6-27(3)39-37(43)33(22-28-12-8-7-9-13-28)40(24-29-14-10-11-15-32(29)38)36(42)25-41(30-18-16-26(2)17-19-30)48(44,45)31-20-21-34(46-4)35(23-31)47-5/h7-21,23,27,33H,6,22,24-25H2,1-5H3,(H,39,43)/t27-,33+/m0/s1. The molecule has 0 radical (unpaired) electrons. The largest absolute Gasteiger partial charge is 0.493 e. The first kappa shape index (κ1) is 36.3. The molecule has 0 heterocycles. The van der Waals surface area contributed by atoms with Crippen LogP contribution < -0.4 is 19.1 Å². The van der Waals surface area contributed by atoms with E-state index in [2.05, 4.69) is 5.32 Å². The first-order valence-corrected chi connectivity index (χ1v) is 17.5. The number of nitrogens with one attached hydrogen (secondary N) is 1. The molecule has 0 saturated heterocycles. The van der Waals surface area contributed by atoms with Crippen molar-refractivity contribution in [2.45, 2.75) is 57.1 Å². The van der Waals surface area contributed by atoms with Crippen molar-refractivity contribution < 1.29 is 27.5 Å². The number of ether oxygens (including phenoxy) is 2. The summed E-state index contributed by atoms with van der Waals surface area (Å²) in [6.07, 6.45) is 0.888. The number of amides is 2. The third kappa shape index (κ3) is 8.87. The van der Waals surface area contributed by atoms with Gasteiger partial charge in [0.2, 0.25) is 11.8 Å². The van der Waals surface area contributed by atoms with Crippen molar-refractivity contribution in [1.82, 2.24) is 10.2 Å². The van der Waals surface area contributed by atoms with E-state index in [4.69, 9.17) is 21.1 Å². The lowest BCUT2D eigenvalue weighted by atomic mass is 10.0. The molecule has 0 bridgehead atoms. The molecule has 0 spiro atoms. The van der Waals surface area contributed by atoms with Gasteiger partial charge in [-0.25, -0.2) is 8.42 Å². The summed E-state index contributed by atoms with van der Waals surface area (Å²) in [6.45, 7) is 5.13. The molecule has 0 aliphatic rings. The van der Waals surface area contributed by atoms with Crippen LogP contribution in [0.5, 0.6) is 11.5 Å².